The van der Waals surface area contributed by atoms with Gasteiger partial charge in [0.2, 0.25) is 0 Å². The Morgan fingerprint density at radius 2 is 1.72 bits per heavy atom. The summed E-state index contributed by atoms with van der Waals surface area (Å²) in [6.45, 7) is 9.53. The molecule has 0 aromatic heterocycles. The lowest BCUT2D eigenvalue weighted by Gasteiger charge is -2.35. The summed E-state index contributed by atoms with van der Waals surface area (Å²) in [5.41, 5.74) is 0. The number of fused-ring (bicyclic) bond motifs is 3. The third kappa shape index (κ3) is 1.94. The molecule has 5 heteroatoms. The summed E-state index contributed by atoms with van der Waals surface area (Å²) in [5.74, 6) is -1.46. The molecule has 1 N–H and O–H groups in total. The van der Waals surface area contributed by atoms with Crippen LogP contribution in [0.1, 0.15) is 27.2 Å². The maximum Gasteiger partial charge on any atom is 0.312 e. The molecule has 1 saturated carbocycles. The van der Waals surface area contributed by atoms with Crippen LogP contribution in [-0.2, 0) is 18.9 Å². The molecule has 1 aliphatic carbocycles. The predicted octanol–water partition coefficient (Wildman–Crippen LogP) is 0.853. The Kier molecular flexibility index (Phi) is 2.70. The summed E-state index contributed by atoms with van der Waals surface area (Å²) in [4.78, 5) is 0. The average Bonchev–Trinajstić information content (AvgIpc) is 2.71. The Balaban J connectivity index is 1.86. The zero-order chi connectivity index (χ0) is 13.1. The number of aliphatic hydroxyl groups excluding tert-OH is 1. The zero-order valence-electron chi connectivity index (χ0n) is 11.1. The normalized spacial score (nSPS) is 54.1. The van der Waals surface area contributed by atoms with E-state index in [0.29, 0.717) is 0 Å². The van der Waals surface area contributed by atoms with Gasteiger partial charge < -0.3 is 24.1 Å². The SMILES string of the molecule is [CH2+]C1(C)O[C@@H]2C3OC(C)(C)OC3CC(CO)[C@@H]2O1. The van der Waals surface area contributed by atoms with Crippen molar-refractivity contribution in [1.29, 1.82) is 0 Å². The Morgan fingerprint density at radius 3 is 2.39 bits per heavy atom. The van der Waals surface area contributed by atoms with E-state index in [2.05, 4.69) is 6.92 Å². The highest BCUT2D eigenvalue weighted by Crippen LogP contribution is 2.46. The van der Waals surface area contributed by atoms with Crippen LogP contribution in [0, 0.1) is 12.8 Å². The molecule has 3 fully saturated rings. The van der Waals surface area contributed by atoms with Crippen LogP contribution < -0.4 is 0 Å². The molecule has 0 spiro atoms. The maximum absolute atomic E-state index is 9.51. The van der Waals surface area contributed by atoms with Crippen molar-refractivity contribution < 1.29 is 24.1 Å². The zero-order valence-corrected chi connectivity index (χ0v) is 11.1. The number of ether oxygens (including phenoxy) is 4. The Hall–Kier alpha value is -0.330. The smallest absolute Gasteiger partial charge is 0.312 e. The summed E-state index contributed by atoms with van der Waals surface area (Å²) in [5, 5.41) is 9.51. The van der Waals surface area contributed by atoms with Crippen LogP contribution >= 0.6 is 0 Å². The van der Waals surface area contributed by atoms with Gasteiger partial charge in [0.1, 0.15) is 19.1 Å². The molecule has 102 valence electrons. The van der Waals surface area contributed by atoms with Crippen LogP contribution in [0.5, 0.6) is 0 Å². The van der Waals surface area contributed by atoms with E-state index in [1.807, 2.05) is 13.8 Å². The summed E-state index contributed by atoms with van der Waals surface area (Å²) in [6.07, 6.45) is 0.152. The highest BCUT2D eigenvalue weighted by molar-refractivity contribution is 5.03. The molecule has 2 heterocycles. The second-order valence-electron chi connectivity index (χ2n) is 6.12. The van der Waals surface area contributed by atoms with Crippen LogP contribution in [0.25, 0.3) is 0 Å². The first kappa shape index (κ1) is 12.7. The minimum Gasteiger partial charge on any atom is -0.396 e. The van der Waals surface area contributed by atoms with Crippen LogP contribution in [0.15, 0.2) is 0 Å². The number of aliphatic hydroxyl groups is 1. The molecule has 0 radical (unpaired) electrons. The topological polar surface area (TPSA) is 57.2 Å². The molecule has 6 atom stereocenters. The molecule has 5 nitrogen and oxygen atoms in total. The van der Waals surface area contributed by atoms with Gasteiger partial charge in [0, 0.05) is 19.4 Å². The lowest BCUT2D eigenvalue weighted by molar-refractivity contribution is -0.168. The first-order chi connectivity index (χ1) is 8.31. The third-order valence-corrected chi connectivity index (χ3v) is 3.87. The van der Waals surface area contributed by atoms with Crippen LogP contribution in [-0.4, -0.2) is 47.7 Å². The van der Waals surface area contributed by atoms with E-state index in [1.54, 1.807) is 6.92 Å². The summed E-state index contributed by atoms with van der Waals surface area (Å²) >= 11 is 0. The molecule has 3 rings (SSSR count). The predicted molar refractivity (Wildman–Crippen MR) is 62.5 cm³/mol. The van der Waals surface area contributed by atoms with Crippen molar-refractivity contribution in [1.82, 2.24) is 0 Å². The molecule has 0 bridgehead atoms. The van der Waals surface area contributed by atoms with Crippen molar-refractivity contribution in [2.75, 3.05) is 6.61 Å². The van der Waals surface area contributed by atoms with E-state index in [9.17, 15) is 5.11 Å². The van der Waals surface area contributed by atoms with Gasteiger partial charge in [0.15, 0.2) is 5.79 Å². The van der Waals surface area contributed by atoms with Gasteiger partial charge in [-0.25, -0.2) is 0 Å². The largest absolute Gasteiger partial charge is 0.396 e. The van der Waals surface area contributed by atoms with Crippen LogP contribution in [0.4, 0.5) is 0 Å². The monoisotopic (exact) mass is 257 g/mol. The highest BCUT2D eigenvalue weighted by Gasteiger charge is 2.61. The average molecular weight is 257 g/mol. The second kappa shape index (κ2) is 3.84. The summed E-state index contributed by atoms with van der Waals surface area (Å²) in [7, 11) is 0. The number of rotatable bonds is 1. The number of hydrogen-bond donors (Lipinski definition) is 1. The van der Waals surface area contributed by atoms with Gasteiger partial charge >= 0.3 is 5.79 Å². The van der Waals surface area contributed by atoms with E-state index in [4.69, 9.17) is 18.9 Å². The number of hydrogen-bond acceptors (Lipinski definition) is 5. The minimum absolute atomic E-state index is 0.0114. The lowest BCUT2D eigenvalue weighted by Crippen LogP contribution is -2.51. The van der Waals surface area contributed by atoms with Crippen molar-refractivity contribution in [2.45, 2.75) is 63.2 Å². The van der Waals surface area contributed by atoms with Gasteiger partial charge in [-0.3, -0.25) is 0 Å². The fraction of sp³-hybridized carbons (Fsp3) is 0.923. The van der Waals surface area contributed by atoms with E-state index in [1.165, 1.54) is 0 Å². The molecule has 4 unspecified atom stereocenters. The third-order valence-electron chi connectivity index (χ3n) is 3.87. The van der Waals surface area contributed by atoms with Crippen molar-refractivity contribution in [3.05, 3.63) is 6.92 Å². The quantitative estimate of drug-likeness (QED) is 0.706. The molecule has 0 aromatic rings. The summed E-state index contributed by atoms with van der Waals surface area (Å²) in [6, 6.07) is 0. The molecule has 2 saturated heterocycles. The molecule has 0 amide bonds. The molecular weight excluding hydrogens is 236 g/mol. The maximum atomic E-state index is 9.51. The van der Waals surface area contributed by atoms with Crippen LogP contribution in [0.2, 0.25) is 0 Å². The van der Waals surface area contributed by atoms with Gasteiger partial charge in [-0.15, -0.1) is 0 Å². The fourth-order valence-corrected chi connectivity index (χ4v) is 3.29. The van der Waals surface area contributed by atoms with Crippen molar-refractivity contribution in [2.24, 2.45) is 5.92 Å². The first-order valence-electron chi connectivity index (χ1n) is 6.49. The van der Waals surface area contributed by atoms with E-state index < -0.39 is 11.6 Å². The van der Waals surface area contributed by atoms with Gasteiger partial charge in [-0.05, 0) is 20.3 Å². The minimum atomic E-state index is -0.867. The lowest BCUT2D eigenvalue weighted by atomic mass is 9.81. The first-order valence-corrected chi connectivity index (χ1v) is 6.49. The summed E-state index contributed by atoms with van der Waals surface area (Å²) < 4.78 is 23.4. The van der Waals surface area contributed by atoms with Gasteiger partial charge in [-0.1, -0.05) is 0 Å². The second-order valence-corrected chi connectivity index (χ2v) is 6.12. The van der Waals surface area contributed by atoms with Crippen molar-refractivity contribution in [3.63, 3.8) is 0 Å². The standard InChI is InChI=1S/C13H21O5/c1-12(2)15-8-5-7(6-14)9-11(10(8)17-12)18-13(3,4)16-9/h7-11,14H,3,5-6H2,1-2,4H3/q+1/t7?,8?,9-,10?,11-,13?/m0/s1. The Labute approximate surface area is 107 Å². The molecule has 3 aliphatic rings. The van der Waals surface area contributed by atoms with Gasteiger partial charge in [0.25, 0.3) is 0 Å². The molecule has 2 aliphatic heterocycles. The molecule has 0 aromatic carbocycles. The van der Waals surface area contributed by atoms with Crippen molar-refractivity contribution in [3.8, 4) is 0 Å². The van der Waals surface area contributed by atoms with E-state index in [0.717, 1.165) is 6.42 Å². The van der Waals surface area contributed by atoms with Gasteiger partial charge in [0.05, 0.1) is 12.2 Å². The van der Waals surface area contributed by atoms with Gasteiger partial charge in [-0.2, -0.15) is 0 Å². The van der Waals surface area contributed by atoms with Crippen LogP contribution in [0.3, 0.4) is 0 Å². The Bertz CT molecular complexity index is 340. The van der Waals surface area contributed by atoms with E-state index >= 15 is 0 Å². The van der Waals surface area contributed by atoms with E-state index in [-0.39, 0.29) is 36.9 Å². The Morgan fingerprint density at radius 1 is 1.06 bits per heavy atom. The van der Waals surface area contributed by atoms with Crippen molar-refractivity contribution >= 4 is 0 Å². The molecular formula is C13H21O5+. The fourth-order valence-electron chi connectivity index (χ4n) is 3.29. The highest BCUT2D eigenvalue weighted by atomic mass is 16.8. The molecule has 18 heavy (non-hydrogen) atoms.